The summed E-state index contributed by atoms with van der Waals surface area (Å²) in [5.41, 5.74) is 4.15. The highest BCUT2D eigenvalue weighted by Crippen LogP contribution is 2.33. The highest BCUT2D eigenvalue weighted by Gasteiger charge is 2.20. The fourth-order valence-corrected chi connectivity index (χ4v) is 4.92. The zero-order valence-corrected chi connectivity index (χ0v) is 18.3. The molecule has 0 atom stereocenters. The average molecular weight is 441 g/mol. The van der Waals surface area contributed by atoms with Gasteiger partial charge in [0.1, 0.15) is 11.4 Å². The van der Waals surface area contributed by atoms with Crippen molar-refractivity contribution in [2.45, 2.75) is 39.2 Å². The van der Waals surface area contributed by atoms with Crippen molar-refractivity contribution in [3.63, 3.8) is 0 Å². The normalized spacial score (nSPS) is 13.4. The molecule has 2 aromatic heterocycles. The number of aromatic nitrogens is 2. The number of ether oxygens (including phenoxy) is 2. The molecule has 31 heavy (non-hydrogen) atoms. The largest absolute Gasteiger partial charge is 0.493 e. The van der Waals surface area contributed by atoms with Crippen LogP contribution in [-0.2, 0) is 24.2 Å². The molecule has 3 aromatic rings. The van der Waals surface area contributed by atoms with Gasteiger partial charge in [-0.2, -0.15) is 5.10 Å². The zero-order valence-electron chi connectivity index (χ0n) is 17.5. The second kappa shape index (κ2) is 9.30. The van der Waals surface area contributed by atoms with Crippen molar-refractivity contribution in [1.29, 1.82) is 0 Å². The summed E-state index contributed by atoms with van der Waals surface area (Å²) in [5, 5.41) is 4.65. The molecule has 8 nitrogen and oxygen atoms in total. The Morgan fingerprint density at radius 1 is 1.32 bits per heavy atom. The lowest BCUT2D eigenvalue weighted by Crippen LogP contribution is -2.30. The number of hydrazone groups is 1. The minimum atomic E-state index is -0.401. The van der Waals surface area contributed by atoms with E-state index in [1.54, 1.807) is 30.6 Å². The lowest BCUT2D eigenvalue weighted by Gasteiger charge is -2.10. The lowest BCUT2D eigenvalue weighted by molar-refractivity contribution is -0.121. The first-order valence-electron chi connectivity index (χ1n) is 10.2. The monoisotopic (exact) mass is 440 g/mol. The number of hydrogen-bond acceptors (Lipinski definition) is 7. The first kappa shape index (κ1) is 21.0. The number of rotatable bonds is 7. The number of nitrogens with zero attached hydrogens (tertiary/aromatic N) is 3. The smallest absolute Gasteiger partial charge is 0.262 e. The van der Waals surface area contributed by atoms with Crippen LogP contribution in [0, 0.1) is 0 Å². The summed E-state index contributed by atoms with van der Waals surface area (Å²) >= 11 is 1.59. The summed E-state index contributed by atoms with van der Waals surface area (Å²) in [6, 6.07) is 5.36. The summed E-state index contributed by atoms with van der Waals surface area (Å²) in [4.78, 5) is 31.7. The van der Waals surface area contributed by atoms with Gasteiger partial charge in [0.2, 0.25) is 0 Å². The van der Waals surface area contributed by atoms with Crippen LogP contribution >= 0.6 is 11.3 Å². The third-order valence-corrected chi connectivity index (χ3v) is 6.35. The highest BCUT2D eigenvalue weighted by atomic mass is 32.1. The topological polar surface area (TPSA) is 94.8 Å². The van der Waals surface area contributed by atoms with Crippen LogP contribution in [0.1, 0.15) is 35.8 Å². The fraction of sp³-hybridized carbons (Fsp3) is 0.364. The van der Waals surface area contributed by atoms with Gasteiger partial charge < -0.3 is 9.47 Å². The van der Waals surface area contributed by atoms with E-state index in [2.05, 4.69) is 15.5 Å². The number of hydrogen-bond donors (Lipinski definition) is 1. The molecule has 0 bridgehead atoms. The van der Waals surface area contributed by atoms with Gasteiger partial charge in [-0.05, 0) is 61.9 Å². The van der Waals surface area contributed by atoms with Gasteiger partial charge in [0.25, 0.3) is 11.5 Å². The van der Waals surface area contributed by atoms with Crippen LogP contribution in [0.3, 0.4) is 0 Å². The van der Waals surface area contributed by atoms with Crippen molar-refractivity contribution in [2.24, 2.45) is 5.10 Å². The van der Waals surface area contributed by atoms with Crippen LogP contribution in [0.4, 0.5) is 0 Å². The Hall–Kier alpha value is -3.20. The number of carbonyl (C=O) groups excluding carboxylic acids is 1. The second-order valence-corrected chi connectivity index (χ2v) is 8.29. The predicted octanol–water partition coefficient (Wildman–Crippen LogP) is 2.89. The summed E-state index contributed by atoms with van der Waals surface area (Å²) < 4.78 is 12.1. The number of fused-ring (bicyclic) bond motifs is 3. The standard InChI is InChI=1S/C22H24N4O4S/c1-3-30-16-9-8-14(10-17(16)29-2)11-24-25-19(27)12-26-13-23-21-20(22(26)28)15-6-4-5-7-18(15)31-21/h8-11,13H,3-7,12H2,1-2H3,(H,25,27)/b24-11+. The first-order valence-corrected chi connectivity index (χ1v) is 11.0. The van der Waals surface area contributed by atoms with Crippen LogP contribution in [0.25, 0.3) is 10.2 Å². The fourth-order valence-electron chi connectivity index (χ4n) is 3.70. The maximum absolute atomic E-state index is 12.9. The van der Waals surface area contributed by atoms with E-state index < -0.39 is 5.91 Å². The highest BCUT2D eigenvalue weighted by molar-refractivity contribution is 7.18. The van der Waals surface area contributed by atoms with Crippen molar-refractivity contribution < 1.29 is 14.3 Å². The Balaban J connectivity index is 1.45. The number of nitrogens with one attached hydrogen (secondary N) is 1. The Morgan fingerprint density at radius 3 is 2.97 bits per heavy atom. The molecule has 9 heteroatoms. The van der Waals surface area contributed by atoms with E-state index in [0.29, 0.717) is 23.5 Å². The second-order valence-electron chi connectivity index (χ2n) is 7.21. The van der Waals surface area contributed by atoms with E-state index >= 15 is 0 Å². The van der Waals surface area contributed by atoms with E-state index in [9.17, 15) is 9.59 Å². The van der Waals surface area contributed by atoms with E-state index in [0.717, 1.165) is 41.6 Å². The number of benzene rings is 1. The molecule has 1 N–H and O–H groups in total. The van der Waals surface area contributed by atoms with Crippen molar-refractivity contribution in [3.8, 4) is 11.5 Å². The summed E-state index contributed by atoms with van der Waals surface area (Å²) in [6.07, 6.45) is 7.08. The maximum Gasteiger partial charge on any atom is 0.262 e. The molecule has 0 radical (unpaired) electrons. The third kappa shape index (κ3) is 4.46. The molecule has 0 saturated heterocycles. The van der Waals surface area contributed by atoms with Crippen molar-refractivity contribution in [3.05, 3.63) is 50.9 Å². The minimum Gasteiger partial charge on any atom is -0.493 e. The van der Waals surface area contributed by atoms with Crippen LogP contribution in [0.2, 0.25) is 0 Å². The van der Waals surface area contributed by atoms with Crippen LogP contribution in [-0.4, -0.2) is 35.4 Å². The van der Waals surface area contributed by atoms with Crippen LogP contribution in [0.5, 0.6) is 11.5 Å². The Morgan fingerprint density at radius 2 is 2.16 bits per heavy atom. The van der Waals surface area contributed by atoms with Gasteiger partial charge in [0, 0.05) is 4.88 Å². The number of thiophene rings is 1. The van der Waals surface area contributed by atoms with Crippen molar-refractivity contribution in [2.75, 3.05) is 13.7 Å². The Bertz CT molecular complexity index is 1200. The van der Waals surface area contributed by atoms with Gasteiger partial charge in [0.15, 0.2) is 11.5 Å². The average Bonchev–Trinajstić information content (AvgIpc) is 3.16. The van der Waals surface area contributed by atoms with Gasteiger partial charge in [-0.3, -0.25) is 14.2 Å². The Labute approximate surface area is 183 Å². The van der Waals surface area contributed by atoms with E-state index in [1.165, 1.54) is 22.0 Å². The Kier molecular flexibility index (Phi) is 6.31. The van der Waals surface area contributed by atoms with Crippen molar-refractivity contribution in [1.82, 2.24) is 15.0 Å². The molecule has 1 aromatic carbocycles. The van der Waals surface area contributed by atoms with E-state index in [1.807, 2.05) is 13.0 Å². The number of methoxy groups -OCH3 is 1. The van der Waals surface area contributed by atoms with Gasteiger partial charge in [-0.1, -0.05) is 0 Å². The molecule has 1 aliphatic rings. The molecule has 1 aliphatic carbocycles. The molecule has 0 aliphatic heterocycles. The van der Waals surface area contributed by atoms with E-state index in [-0.39, 0.29) is 12.1 Å². The molecular weight excluding hydrogens is 416 g/mol. The summed E-state index contributed by atoms with van der Waals surface area (Å²) in [5.74, 6) is 0.827. The summed E-state index contributed by atoms with van der Waals surface area (Å²) in [6.45, 7) is 2.29. The summed E-state index contributed by atoms with van der Waals surface area (Å²) in [7, 11) is 1.56. The number of carbonyl (C=O) groups is 1. The number of amides is 1. The lowest BCUT2D eigenvalue weighted by atomic mass is 9.97. The molecule has 4 rings (SSSR count). The molecule has 0 unspecified atom stereocenters. The molecule has 1 amide bonds. The van der Waals surface area contributed by atoms with E-state index in [4.69, 9.17) is 9.47 Å². The van der Waals surface area contributed by atoms with Crippen LogP contribution < -0.4 is 20.5 Å². The van der Waals surface area contributed by atoms with Gasteiger partial charge in [0.05, 0.1) is 31.6 Å². The maximum atomic E-state index is 12.9. The number of aryl methyl sites for hydroxylation is 2. The predicted molar refractivity (Wildman–Crippen MR) is 120 cm³/mol. The third-order valence-electron chi connectivity index (χ3n) is 5.15. The van der Waals surface area contributed by atoms with Gasteiger partial charge in [-0.15, -0.1) is 11.3 Å². The van der Waals surface area contributed by atoms with Crippen molar-refractivity contribution >= 4 is 33.7 Å². The molecule has 2 heterocycles. The SMILES string of the molecule is CCOc1ccc(/C=N/NC(=O)Cn2cnc3sc4c(c3c2=O)CCCC4)cc1OC. The zero-order chi connectivity index (χ0) is 21.8. The molecule has 0 fully saturated rings. The molecular formula is C22H24N4O4S. The molecule has 0 spiro atoms. The van der Waals surface area contributed by atoms with Gasteiger partial charge in [-0.25, -0.2) is 10.4 Å². The van der Waals surface area contributed by atoms with Crippen LogP contribution in [0.15, 0.2) is 34.4 Å². The molecule has 0 saturated carbocycles. The quantitative estimate of drug-likeness (QED) is 0.450. The first-order chi connectivity index (χ1) is 15.1. The molecule has 162 valence electrons. The minimum absolute atomic E-state index is 0.143. The van der Waals surface area contributed by atoms with Gasteiger partial charge >= 0.3 is 0 Å².